The van der Waals surface area contributed by atoms with Crippen LogP contribution < -0.4 is 0 Å². The van der Waals surface area contributed by atoms with Gasteiger partial charge in [-0.15, -0.1) is 0 Å². The lowest BCUT2D eigenvalue weighted by Crippen LogP contribution is -1.92. The molecule has 0 unspecified atom stereocenters. The first-order chi connectivity index (χ1) is 22.8. The van der Waals surface area contributed by atoms with Crippen LogP contribution in [0, 0.1) is 0 Å². The summed E-state index contributed by atoms with van der Waals surface area (Å²) in [4.78, 5) is 15.2. The standard InChI is InChI=1S/C43H25N3/c1-2-9-31-26(7-1)8-5-12-32(31)29-23-30(25-44-24-29)39-21-17-27-15-16-28-18-22-40(46-43(28)42(27)45-39)35-19-20-38-34-11-4-3-10-33(34)36-13-6-14-37(35)41(36)38/h1-25H. The molecule has 0 aliphatic heterocycles. The summed E-state index contributed by atoms with van der Waals surface area (Å²) in [6.45, 7) is 0. The summed E-state index contributed by atoms with van der Waals surface area (Å²) in [6, 6.07) is 49.7. The first kappa shape index (κ1) is 25.2. The minimum absolute atomic E-state index is 0.880. The van der Waals surface area contributed by atoms with E-state index < -0.39 is 0 Å². The fourth-order valence-electron chi connectivity index (χ4n) is 7.31. The molecule has 1 aliphatic rings. The van der Waals surface area contributed by atoms with E-state index in [2.05, 4.69) is 145 Å². The van der Waals surface area contributed by atoms with Crippen LogP contribution in [0.5, 0.6) is 0 Å². The van der Waals surface area contributed by atoms with Crippen LogP contribution in [0.15, 0.2) is 152 Å². The van der Waals surface area contributed by atoms with E-state index in [1.807, 2.05) is 12.4 Å². The third-order valence-corrected chi connectivity index (χ3v) is 9.48. The Kier molecular flexibility index (Phi) is 5.28. The lowest BCUT2D eigenvalue weighted by atomic mass is 9.96. The number of fused-ring (bicyclic) bond motifs is 7. The lowest BCUT2D eigenvalue weighted by molar-refractivity contribution is 1.30. The summed E-state index contributed by atoms with van der Waals surface area (Å²) in [7, 11) is 0. The summed E-state index contributed by atoms with van der Waals surface area (Å²) in [5, 5.41) is 7.09. The van der Waals surface area contributed by atoms with Crippen molar-refractivity contribution in [1.82, 2.24) is 15.0 Å². The van der Waals surface area contributed by atoms with Gasteiger partial charge < -0.3 is 0 Å². The van der Waals surface area contributed by atoms with Crippen LogP contribution in [-0.2, 0) is 0 Å². The molecule has 3 heterocycles. The van der Waals surface area contributed by atoms with E-state index in [4.69, 9.17) is 9.97 Å². The van der Waals surface area contributed by atoms with Crippen molar-refractivity contribution < 1.29 is 0 Å². The normalized spacial score (nSPS) is 11.9. The van der Waals surface area contributed by atoms with Gasteiger partial charge in [-0.3, -0.25) is 4.98 Å². The Hall–Kier alpha value is -6.19. The minimum atomic E-state index is 0.880. The SMILES string of the molecule is c1ccc2c(c1)-c1cccc3c(-c4ccc5ccc6ccc(-c7cncc(-c8cccc9ccccc89)c7)nc6c5n4)ccc-2c13. The summed E-state index contributed by atoms with van der Waals surface area (Å²) in [5.74, 6) is 0. The Morgan fingerprint density at radius 3 is 1.76 bits per heavy atom. The predicted molar refractivity (Wildman–Crippen MR) is 191 cm³/mol. The van der Waals surface area contributed by atoms with E-state index >= 15 is 0 Å². The number of benzene rings is 6. The van der Waals surface area contributed by atoms with Crippen molar-refractivity contribution in [2.45, 2.75) is 0 Å². The molecule has 9 aromatic rings. The second-order valence-electron chi connectivity index (χ2n) is 12.0. The van der Waals surface area contributed by atoms with E-state index in [1.54, 1.807) is 0 Å². The van der Waals surface area contributed by atoms with Gasteiger partial charge in [0, 0.05) is 39.9 Å². The first-order valence-electron chi connectivity index (χ1n) is 15.6. The highest BCUT2D eigenvalue weighted by Gasteiger charge is 2.22. The van der Waals surface area contributed by atoms with Crippen LogP contribution in [0.3, 0.4) is 0 Å². The van der Waals surface area contributed by atoms with Crippen molar-refractivity contribution in [2.75, 3.05) is 0 Å². The molecule has 0 amide bonds. The van der Waals surface area contributed by atoms with E-state index in [-0.39, 0.29) is 0 Å². The molecule has 0 bridgehead atoms. The molecule has 3 nitrogen and oxygen atoms in total. The topological polar surface area (TPSA) is 38.7 Å². The summed E-state index contributed by atoms with van der Waals surface area (Å²) in [5.41, 5.74) is 13.2. The molecule has 6 aromatic carbocycles. The molecule has 46 heavy (non-hydrogen) atoms. The van der Waals surface area contributed by atoms with Gasteiger partial charge in [-0.05, 0) is 67.6 Å². The zero-order valence-electron chi connectivity index (χ0n) is 24.8. The van der Waals surface area contributed by atoms with Crippen LogP contribution in [0.1, 0.15) is 0 Å². The fraction of sp³-hybridized carbons (Fsp3) is 0. The summed E-state index contributed by atoms with van der Waals surface area (Å²) < 4.78 is 0. The first-order valence-corrected chi connectivity index (χ1v) is 15.6. The predicted octanol–water partition coefficient (Wildman–Crippen LogP) is 11.1. The van der Waals surface area contributed by atoms with E-state index in [1.165, 1.54) is 49.4 Å². The van der Waals surface area contributed by atoms with E-state index in [9.17, 15) is 0 Å². The maximum atomic E-state index is 5.31. The number of pyridine rings is 3. The Morgan fingerprint density at radius 1 is 0.348 bits per heavy atom. The van der Waals surface area contributed by atoms with E-state index in [0.717, 1.165) is 49.9 Å². The Bertz CT molecular complexity index is 2670. The lowest BCUT2D eigenvalue weighted by Gasteiger charge is -2.11. The van der Waals surface area contributed by atoms with Crippen molar-refractivity contribution >= 4 is 43.4 Å². The van der Waals surface area contributed by atoms with Gasteiger partial charge in [-0.2, -0.15) is 0 Å². The van der Waals surface area contributed by atoms with Gasteiger partial charge in [0.05, 0.1) is 22.4 Å². The third kappa shape index (κ3) is 3.69. The molecule has 0 N–H and O–H groups in total. The maximum absolute atomic E-state index is 5.31. The van der Waals surface area contributed by atoms with Crippen LogP contribution >= 0.6 is 0 Å². The molecule has 10 rings (SSSR count). The van der Waals surface area contributed by atoms with Crippen LogP contribution in [-0.4, -0.2) is 15.0 Å². The molecular weight excluding hydrogens is 558 g/mol. The average molecular weight is 584 g/mol. The number of hydrogen-bond donors (Lipinski definition) is 0. The van der Waals surface area contributed by atoms with Gasteiger partial charge in [0.1, 0.15) is 0 Å². The van der Waals surface area contributed by atoms with Gasteiger partial charge in [0.15, 0.2) is 0 Å². The van der Waals surface area contributed by atoms with Crippen molar-refractivity contribution in [3.8, 4) is 55.9 Å². The fourth-order valence-corrected chi connectivity index (χ4v) is 7.31. The zero-order valence-corrected chi connectivity index (χ0v) is 24.8. The molecule has 0 spiro atoms. The highest BCUT2D eigenvalue weighted by Crippen LogP contribution is 2.49. The number of hydrogen-bond acceptors (Lipinski definition) is 3. The molecule has 0 saturated carbocycles. The largest absolute Gasteiger partial charge is 0.263 e. The Labute approximate surface area is 265 Å². The molecule has 3 aromatic heterocycles. The quantitative estimate of drug-likeness (QED) is 0.194. The average Bonchev–Trinajstić information content (AvgIpc) is 3.46. The van der Waals surface area contributed by atoms with Gasteiger partial charge in [-0.1, -0.05) is 121 Å². The highest BCUT2D eigenvalue weighted by molar-refractivity contribution is 6.18. The monoisotopic (exact) mass is 583 g/mol. The van der Waals surface area contributed by atoms with E-state index in [0.29, 0.717) is 0 Å². The van der Waals surface area contributed by atoms with Crippen LogP contribution in [0.25, 0.3) is 99.2 Å². The highest BCUT2D eigenvalue weighted by atomic mass is 14.8. The third-order valence-electron chi connectivity index (χ3n) is 9.48. The van der Waals surface area contributed by atoms with Gasteiger partial charge in [0.25, 0.3) is 0 Å². The maximum Gasteiger partial charge on any atom is 0.0972 e. The van der Waals surface area contributed by atoms with Crippen molar-refractivity contribution in [3.63, 3.8) is 0 Å². The molecule has 0 atom stereocenters. The minimum Gasteiger partial charge on any atom is -0.263 e. The summed E-state index contributed by atoms with van der Waals surface area (Å²) in [6.07, 6.45) is 3.84. The molecule has 3 heteroatoms. The molecular formula is C43H25N3. The molecule has 0 saturated heterocycles. The molecule has 212 valence electrons. The Morgan fingerprint density at radius 2 is 0.913 bits per heavy atom. The Balaban J connectivity index is 1.13. The van der Waals surface area contributed by atoms with Gasteiger partial charge in [0.2, 0.25) is 0 Å². The number of nitrogens with zero attached hydrogens (tertiary/aromatic N) is 3. The van der Waals surface area contributed by atoms with Crippen molar-refractivity contribution in [3.05, 3.63) is 152 Å². The molecule has 0 fully saturated rings. The second kappa shape index (κ2) is 9.65. The second-order valence-corrected chi connectivity index (χ2v) is 12.0. The van der Waals surface area contributed by atoms with Gasteiger partial charge >= 0.3 is 0 Å². The summed E-state index contributed by atoms with van der Waals surface area (Å²) >= 11 is 0. The smallest absolute Gasteiger partial charge is 0.0972 e. The molecule has 0 radical (unpaired) electrons. The number of rotatable bonds is 3. The van der Waals surface area contributed by atoms with Crippen LogP contribution in [0.2, 0.25) is 0 Å². The molecule has 1 aliphatic carbocycles. The van der Waals surface area contributed by atoms with Crippen molar-refractivity contribution in [1.29, 1.82) is 0 Å². The zero-order chi connectivity index (χ0) is 30.2. The van der Waals surface area contributed by atoms with Crippen molar-refractivity contribution in [2.24, 2.45) is 0 Å². The van der Waals surface area contributed by atoms with Crippen LogP contribution in [0.4, 0.5) is 0 Å². The number of aromatic nitrogens is 3. The van der Waals surface area contributed by atoms with Gasteiger partial charge in [-0.25, -0.2) is 9.97 Å².